The van der Waals surface area contributed by atoms with E-state index in [0.717, 1.165) is 22.2 Å². The van der Waals surface area contributed by atoms with Crippen LogP contribution in [0.4, 0.5) is 4.79 Å². The average Bonchev–Trinajstić information content (AvgIpc) is 3.05. The van der Waals surface area contributed by atoms with Gasteiger partial charge in [0.15, 0.2) is 11.5 Å². The molecule has 0 unspecified atom stereocenters. The fourth-order valence-corrected chi connectivity index (χ4v) is 3.87. The lowest BCUT2D eigenvalue weighted by Crippen LogP contribution is -2.42. The van der Waals surface area contributed by atoms with Crippen molar-refractivity contribution in [3.8, 4) is 11.5 Å². The van der Waals surface area contributed by atoms with Crippen molar-refractivity contribution in [2.24, 2.45) is 0 Å². The molecule has 0 radical (unpaired) electrons. The van der Waals surface area contributed by atoms with Crippen molar-refractivity contribution in [1.82, 2.24) is 4.90 Å². The first kappa shape index (κ1) is 22.4. The van der Waals surface area contributed by atoms with Crippen LogP contribution in [0.25, 0.3) is 6.08 Å². The summed E-state index contributed by atoms with van der Waals surface area (Å²) in [5.41, 5.74) is 1.67. The average molecular weight is 442 g/mol. The third-order valence-electron chi connectivity index (χ3n) is 4.56. The van der Waals surface area contributed by atoms with Crippen molar-refractivity contribution in [1.29, 1.82) is 0 Å². The van der Waals surface area contributed by atoms with Gasteiger partial charge in [-0.2, -0.15) is 0 Å². The van der Waals surface area contributed by atoms with Crippen molar-refractivity contribution in [2.45, 2.75) is 26.5 Å². The number of thioether (sulfide) groups is 1. The predicted octanol–water partition coefficient (Wildman–Crippen LogP) is 4.26. The van der Waals surface area contributed by atoms with Gasteiger partial charge in [0, 0.05) is 0 Å². The van der Waals surface area contributed by atoms with Crippen LogP contribution in [0.3, 0.4) is 0 Å². The molecule has 1 heterocycles. The molecule has 7 nitrogen and oxygen atoms in total. The summed E-state index contributed by atoms with van der Waals surface area (Å²) < 4.78 is 16.2. The molecule has 1 fully saturated rings. The molecular weight excluding hydrogens is 418 g/mol. The third-order valence-corrected chi connectivity index (χ3v) is 5.44. The van der Waals surface area contributed by atoms with Crippen LogP contribution in [0.2, 0.25) is 0 Å². The smallest absolute Gasteiger partial charge is 0.329 e. The number of benzene rings is 2. The van der Waals surface area contributed by atoms with Crippen LogP contribution >= 0.6 is 11.8 Å². The number of nitrogens with zero attached hydrogens (tertiary/aromatic N) is 1. The number of imide groups is 1. The molecule has 0 aliphatic carbocycles. The van der Waals surface area contributed by atoms with Crippen LogP contribution in [0.5, 0.6) is 11.5 Å². The van der Waals surface area contributed by atoms with Gasteiger partial charge in [-0.25, -0.2) is 4.79 Å². The summed E-state index contributed by atoms with van der Waals surface area (Å²) in [6.45, 7) is 3.67. The number of amides is 2. The molecule has 0 bridgehead atoms. The van der Waals surface area contributed by atoms with E-state index in [4.69, 9.17) is 14.2 Å². The maximum absolute atomic E-state index is 12.7. The SMILES string of the molecule is CCOC(=O)[C@@H](C)N1C(=O)S/C(=C/c2ccc(OC)c(OCc3ccccc3)c2)C1=O. The van der Waals surface area contributed by atoms with E-state index in [0.29, 0.717) is 23.7 Å². The first-order valence-electron chi connectivity index (χ1n) is 9.73. The van der Waals surface area contributed by atoms with Gasteiger partial charge in [-0.15, -0.1) is 0 Å². The molecule has 2 aromatic carbocycles. The number of ether oxygens (including phenoxy) is 3. The number of carbonyl (C=O) groups excluding carboxylic acids is 3. The molecule has 2 aromatic rings. The van der Waals surface area contributed by atoms with Gasteiger partial charge < -0.3 is 14.2 Å². The van der Waals surface area contributed by atoms with Gasteiger partial charge in [0.05, 0.1) is 18.6 Å². The summed E-state index contributed by atoms with van der Waals surface area (Å²) in [5.74, 6) is -0.0819. The zero-order chi connectivity index (χ0) is 22.4. The van der Waals surface area contributed by atoms with Gasteiger partial charge in [0.1, 0.15) is 12.6 Å². The number of esters is 1. The zero-order valence-corrected chi connectivity index (χ0v) is 18.3. The van der Waals surface area contributed by atoms with E-state index in [9.17, 15) is 14.4 Å². The normalized spacial score (nSPS) is 15.8. The van der Waals surface area contributed by atoms with Crippen LogP contribution in [-0.2, 0) is 20.9 Å². The Morgan fingerprint density at radius 3 is 2.55 bits per heavy atom. The van der Waals surface area contributed by atoms with Crippen LogP contribution in [-0.4, -0.2) is 41.8 Å². The summed E-state index contributed by atoms with van der Waals surface area (Å²) in [5, 5.41) is -0.508. The van der Waals surface area contributed by atoms with Crippen molar-refractivity contribution < 1.29 is 28.6 Å². The van der Waals surface area contributed by atoms with Crippen LogP contribution in [0.1, 0.15) is 25.0 Å². The largest absolute Gasteiger partial charge is 0.493 e. The van der Waals surface area contributed by atoms with E-state index in [1.807, 2.05) is 30.3 Å². The predicted molar refractivity (Wildman–Crippen MR) is 118 cm³/mol. The molecule has 1 aliphatic heterocycles. The van der Waals surface area contributed by atoms with Gasteiger partial charge in [0.25, 0.3) is 11.1 Å². The van der Waals surface area contributed by atoms with E-state index >= 15 is 0 Å². The summed E-state index contributed by atoms with van der Waals surface area (Å²) >= 11 is 0.785. The maximum Gasteiger partial charge on any atom is 0.329 e. The van der Waals surface area contributed by atoms with Crippen molar-refractivity contribution >= 4 is 35.0 Å². The van der Waals surface area contributed by atoms with Gasteiger partial charge in [-0.1, -0.05) is 36.4 Å². The van der Waals surface area contributed by atoms with Gasteiger partial charge in [-0.3, -0.25) is 14.5 Å². The second-order valence-corrected chi connectivity index (χ2v) is 7.66. The number of rotatable bonds is 8. The van der Waals surface area contributed by atoms with E-state index in [1.165, 1.54) is 6.92 Å². The topological polar surface area (TPSA) is 82.1 Å². The highest BCUT2D eigenvalue weighted by Gasteiger charge is 2.41. The summed E-state index contributed by atoms with van der Waals surface area (Å²) in [6.07, 6.45) is 1.59. The molecule has 0 N–H and O–H groups in total. The van der Waals surface area contributed by atoms with Gasteiger partial charge >= 0.3 is 5.97 Å². The van der Waals surface area contributed by atoms with Crippen molar-refractivity contribution in [2.75, 3.05) is 13.7 Å². The van der Waals surface area contributed by atoms with Crippen LogP contribution in [0, 0.1) is 0 Å². The Bertz CT molecular complexity index is 1000. The molecule has 162 valence electrons. The summed E-state index contributed by atoms with van der Waals surface area (Å²) in [7, 11) is 1.55. The van der Waals surface area contributed by atoms with Crippen LogP contribution < -0.4 is 9.47 Å². The van der Waals surface area contributed by atoms with Crippen molar-refractivity contribution in [3.63, 3.8) is 0 Å². The Morgan fingerprint density at radius 2 is 1.87 bits per heavy atom. The summed E-state index contributed by atoms with van der Waals surface area (Å²) in [6, 6.07) is 14.0. The Kier molecular flexibility index (Phi) is 7.36. The molecule has 1 saturated heterocycles. The molecule has 0 aromatic heterocycles. The van der Waals surface area contributed by atoms with Crippen molar-refractivity contribution in [3.05, 3.63) is 64.6 Å². The Balaban J connectivity index is 1.80. The highest BCUT2D eigenvalue weighted by atomic mass is 32.2. The molecule has 0 saturated carbocycles. The third kappa shape index (κ3) is 5.27. The fourth-order valence-electron chi connectivity index (χ4n) is 2.96. The molecule has 0 spiro atoms. The maximum atomic E-state index is 12.7. The van der Waals surface area contributed by atoms with Gasteiger partial charge in [-0.05, 0) is 54.9 Å². The molecule has 1 aliphatic rings. The molecule has 2 amide bonds. The standard InChI is InChI=1S/C23H23NO6S/c1-4-29-22(26)15(2)24-21(25)20(31-23(24)27)13-17-10-11-18(28-3)19(12-17)30-14-16-8-6-5-7-9-16/h5-13,15H,4,14H2,1-3H3/b20-13+/t15-/m1/s1. The number of hydrogen-bond donors (Lipinski definition) is 0. The van der Waals surface area contributed by atoms with E-state index in [1.54, 1.807) is 38.3 Å². The molecule has 3 rings (SSSR count). The Hall–Kier alpha value is -3.26. The fraction of sp³-hybridized carbons (Fsp3) is 0.261. The molecule has 31 heavy (non-hydrogen) atoms. The summed E-state index contributed by atoms with van der Waals surface area (Å²) in [4.78, 5) is 38.2. The lowest BCUT2D eigenvalue weighted by atomic mass is 10.1. The minimum atomic E-state index is -0.987. The number of hydrogen-bond acceptors (Lipinski definition) is 7. The molecule has 8 heteroatoms. The van der Waals surface area contributed by atoms with E-state index in [-0.39, 0.29) is 11.5 Å². The van der Waals surface area contributed by atoms with Gasteiger partial charge in [0.2, 0.25) is 0 Å². The molecule has 1 atom stereocenters. The van der Waals surface area contributed by atoms with E-state index < -0.39 is 23.2 Å². The Morgan fingerprint density at radius 1 is 1.13 bits per heavy atom. The Labute approximate surface area is 185 Å². The minimum Gasteiger partial charge on any atom is -0.493 e. The zero-order valence-electron chi connectivity index (χ0n) is 17.5. The second kappa shape index (κ2) is 10.2. The highest BCUT2D eigenvalue weighted by molar-refractivity contribution is 8.18. The first-order valence-corrected chi connectivity index (χ1v) is 10.5. The lowest BCUT2D eigenvalue weighted by molar-refractivity contribution is -0.150. The first-order chi connectivity index (χ1) is 14.9. The number of carbonyl (C=O) groups is 3. The second-order valence-electron chi connectivity index (χ2n) is 6.66. The monoisotopic (exact) mass is 441 g/mol. The number of methoxy groups -OCH3 is 1. The quantitative estimate of drug-likeness (QED) is 0.447. The molecular formula is C23H23NO6S. The lowest BCUT2D eigenvalue weighted by Gasteiger charge is -2.19. The van der Waals surface area contributed by atoms with Crippen LogP contribution in [0.15, 0.2) is 53.4 Å². The highest BCUT2D eigenvalue weighted by Crippen LogP contribution is 2.35. The minimum absolute atomic E-state index is 0.173. The van der Waals surface area contributed by atoms with E-state index in [2.05, 4.69) is 0 Å².